The van der Waals surface area contributed by atoms with E-state index in [9.17, 15) is 19.8 Å². The van der Waals surface area contributed by atoms with Gasteiger partial charge in [0.1, 0.15) is 0 Å². The lowest BCUT2D eigenvalue weighted by Gasteiger charge is -2.20. The van der Waals surface area contributed by atoms with E-state index in [-0.39, 0.29) is 18.5 Å². The van der Waals surface area contributed by atoms with E-state index in [4.69, 9.17) is 4.74 Å². The molecule has 3 N–H and O–H groups in total. The first-order valence-electron chi connectivity index (χ1n) is 31.9. The summed E-state index contributed by atoms with van der Waals surface area (Å²) >= 11 is 0. The summed E-state index contributed by atoms with van der Waals surface area (Å²) in [5.74, 6) is -0.0685. The van der Waals surface area contributed by atoms with Crippen LogP contribution in [-0.2, 0) is 14.3 Å². The number of aliphatic hydroxyl groups excluding tert-OH is 2. The Kier molecular flexibility index (Phi) is 59.5. The number of amides is 1. The van der Waals surface area contributed by atoms with E-state index in [1.165, 1.54) is 257 Å². The maximum Gasteiger partial charge on any atom is 0.305 e. The summed E-state index contributed by atoms with van der Waals surface area (Å²) in [6.45, 7) is 4.88. The molecule has 0 fully saturated rings. The molecule has 6 heteroatoms. The summed E-state index contributed by atoms with van der Waals surface area (Å²) in [6.07, 6.45) is 78.8. The molecule has 1 amide bonds. The Labute approximate surface area is 448 Å². The fourth-order valence-corrected chi connectivity index (χ4v) is 9.66. The molecule has 72 heavy (non-hydrogen) atoms. The standard InChI is InChI=1S/C66H123NO5/c1-3-5-7-9-11-13-15-17-31-36-40-44-48-52-56-60-66(71)72-61-57-53-49-45-41-37-33-30-28-26-24-22-20-18-19-21-23-25-27-29-32-35-39-43-47-51-55-59-65(70)67-63(62-68)64(69)58-54-50-46-42-38-34-16-14-12-10-8-6-4-2/h11,13,17-19,31,54,58,63-64,68-69H,3-10,12,14-16,20-30,32-53,55-57,59-62H2,1-2H3,(H,67,70)/b13-11-,19-18-,31-17-,58-54+. The molecule has 0 bridgehead atoms. The van der Waals surface area contributed by atoms with Gasteiger partial charge in [0.25, 0.3) is 0 Å². The van der Waals surface area contributed by atoms with Crippen LogP contribution in [-0.4, -0.2) is 47.4 Å². The predicted octanol–water partition coefficient (Wildman–Crippen LogP) is 20.1. The van der Waals surface area contributed by atoms with Crippen molar-refractivity contribution in [2.75, 3.05) is 13.2 Å². The average Bonchev–Trinajstić information content (AvgIpc) is 3.38. The fraction of sp³-hybridized carbons (Fsp3) is 0.848. The van der Waals surface area contributed by atoms with Gasteiger partial charge in [-0.1, -0.05) is 281 Å². The monoisotopic (exact) mass is 1010 g/mol. The van der Waals surface area contributed by atoms with Crippen molar-refractivity contribution in [3.63, 3.8) is 0 Å². The number of esters is 1. The van der Waals surface area contributed by atoms with E-state index in [0.717, 1.165) is 51.4 Å². The minimum Gasteiger partial charge on any atom is -0.466 e. The SMILES string of the molecule is CCCCC/C=C\C/C=C\CCCCCCCC(=O)OCCCCCCCCCCCCCC/C=C\CCCCCCCCCCCCCC(=O)NC(CO)C(O)/C=C/CCCCCCCCCCCCC. The van der Waals surface area contributed by atoms with Crippen molar-refractivity contribution in [2.45, 2.75) is 347 Å². The van der Waals surface area contributed by atoms with Gasteiger partial charge in [-0.15, -0.1) is 0 Å². The predicted molar refractivity (Wildman–Crippen MR) is 315 cm³/mol. The fourth-order valence-electron chi connectivity index (χ4n) is 9.66. The third kappa shape index (κ3) is 57.1. The quantitative estimate of drug-likeness (QED) is 0.0320. The second-order valence-corrected chi connectivity index (χ2v) is 21.7. The second-order valence-electron chi connectivity index (χ2n) is 21.7. The Hall–Kier alpha value is -2.18. The Bertz CT molecular complexity index is 1210. The van der Waals surface area contributed by atoms with Crippen LogP contribution >= 0.6 is 0 Å². The molecule has 0 heterocycles. The molecule has 0 radical (unpaired) electrons. The first-order chi connectivity index (χ1) is 35.5. The van der Waals surface area contributed by atoms with E-state index in [2.05, 4.69) is 55.6 Å². The maximum atomic E-state index is 12.4. The molecule has 0 rings (SSSR count). The van der Waals surface area contributed by atoms with Gasteiger partial charge in [-0.3, -0.25) is 9.59 Å². The van der Waals surface area contributed by atoms with Crippen LogP contribution in [0.2, 0.25) is 0 Å². The number of aliphatic hydroxyl groups is 2. The van der Waals surface area contributed by atoms with Crippen LogP contribution in [0.3, 0.4) is 0 Å². The topological polar surface area (TPSA) is 95.9 Å². The molecule has 0 aliphatic heterocycles. The van der Waals surface area contributed by atoms with Crippen molar-refractivity contribution < 1.29 is 24.5 Å². The smallest absolute Gasteiger partial charge is 0.305 e. The normalized spacial score (nSPS) is 12.9. The Morgan fingerprint density at radius 1 is 0.389 bits per heavy atom. The highest BCUT2D eigenvalue weighted by molar-refractivity contribution is 5.76. The number of allylic oxidation sites excluding steroid dienone is 7. The van der Waals surface area contributed by atoms with Crippen LogP contribution < -0.4 is 5.32 Å². The Morgan fingerprint density at radius 3 is 1.10 bits per heavy atom. The van der Waals surface area contributed by atoms with Gasteiger partial charge in [-0.2, -0.15) is 0 Å². The molecular weight excluding hydrogens is 887 g/mol. The van der Waals surface area contributed by atoms with Crippen molar-refractivity contribution in [3.8, 4) is 0 Å². The lowest BCUT2D eigenvalue weighted by atomic mass is 10.0. The minimum atomic E-state index is -0.845. The van der Waals surface area contributed by atoms with Gasteiger partial charge in [0.05, 0.1) is 25.4 Å². The number of carbonyl (C=O) groups is 2. The van der Waals surface area contributed by atoms with Crippen molar-refractivity contribution in [3.05, 3.63) is 48.6 Å². The number of hydrogen-bond acceptors (Lipinski definition) is 5. The first kappa shape index (κ1) is 69.8. The average molecular weight is 1010 g/mol. The number of hydrogen-bond donors (Lipinski definition) is 3. The van der Waals surface area contributed by atoms with Gasteiger partial charge in [0.2, 0.25) is 5.91 Å². The van der Waals surface area contributed by atoms with Crippen LogP contribution in [0, 0.1) is 0 Å². The lowest BCUT2D eigenvalue weighted by Crippen LogP contribution is -2.45. The number of nitrogens with one attached hydrogen (secondary N) is 1. The molecule has 0 saturated heterocycles. The van der Waals surface area contributed by atoms with Gasteiger partial charge in [0, 0.05) is 12.8 Å². The Balaban J connectivity index is 3.40. The van der Waals surface area contributed by atoms with Crippen LogP contribution in [0.4, 0.5) is 0 Å². The molecule has 2 atom stereocenters. The van der Waals surface area contributed by atoms with E-state index in [1.807, 2.05) is 6.08 Å². The summed E-state index contributed by atoms with van der Waals surface area (Å²) < 4.78 is 5.48. The highest BCUT2D eigenvalue weighted by atomic mass is 16.5. The third-order valence-electron chi connectivity index (χ3n) is 14.6. The number of ether oxygens (including phenoxy) is 1. The summed E-state index contributed by atoms with van der Waals surface area (Å²) in [5, 5.41) is 23.1. The summed E-state index contributed by atoms with van der Waals surface area (Å²) in [6, 6.07) is -0.628. The van der Waals surface area contributed by atoms with E-state index < -0.39 is 12.1 Å². The maximum absolute atomic E-state index is 12.4. The van der Waals surface area contributed by atoms with Crippen LogP contribution in [0.25, 0.3) is 0 Å². The van der Waals surface area contributed by atoms with Crippen LogP contribution in [0.5, 0.6) is 0 Å². The highest BCUT2D eigenvalue weighted by Gasteiger charge is 2.18. The Morgan fingerprint density at radius 2 is 0.694 bits per heavy atom. The van der Waals surface area contributed by atoms with Gasteiger partial charge < -0.3 is 20.3 Å². The lowest BCUT2D eigenvalue weighted by molar-refractivity contribution is -0.143. The van der Waals surface area contributed by atoms with Gasteiger partial charge in [0.15, 0.2) is 0 Å². The van der Waals surface area contributed by atoms with E-state index in [1.54, 1.807) is 6.08 Å². The molecule has 422 valence electrons. The molecular formula is C66H123NO5. The van der Waals surface area contributed by atoms with Crippen LogP contribution in [0.1, 0.15) is 335 Å². The van der Waals surface area contributed by atoms with Gasteiger partial charge in [-0.05, 0) is 89.9 Å². The minimum absolute atomic E-state index is 0.000384. The second kappa shape index (κ2) is 61.4. The summed E-state index contributed by atoms with van der Waals surface area (Å²) in [4.78, 5) is 24.5. The molecule has 0 aliphatic carbocycles. The first-order valence-corrected chi connectivity index (χ1v) is 31.9. The summed E-state index contributed by atoms with van der Waals surface area (Å²) in [5.41, 5.74) is 0. The van der Waals surface area contributed by atoms with Crippen LogP contribution in [0.15, 0.2) is 48.6 Å². The number of carbonyl (C=O) groups excluding carboxylic acids is 2. The zero-order chi connectivity index (χ0) is 52.2. The molecule has 0 spiro atoms. The van der Waals surface area contributed by atoms with Crippen molar-refractivity contribution in [1.29, 1.82) is 0 Å². The van der Waals surface area contributed by atoms with E-state index >= 15 is 0 Å². The van der Waals surface area contributed by atoms with Crippen molar-refractivity contribution in [1.82, 2.24) is 5.32 Å². The molecule has 0 aromatic rings. The molecule has 6 nitrogen and oxygen atoms in total. The number of rotatable bonds is 59. The van der Waals surface area contributed by atoms with E-state index in [0.29, 0.717) is 19.4 Å². The zero-order valence-corrected chi connectivity index (χ0v) is 48.2. The number of unbranched alkanes of at least 4 members (excludes halogenated alkanes) is 42. The zero-order valence-electron chi connectivity index (χ0n) is 48.2. The highest BCUT2D eigenvalue weighted by Crippen LogP contribution is 2.17. The van der Waals surface area contributed by atoms with Gasteiger partial charge in [-0.25, -0.2) is 0 Å². The molecule has 0 aromatic carbocycles. The van der Waals surface area contributed by atoms with Crippen molar-refractivity contribution >= 4 is 11.9 Å². The molecule has 0 aliphatic rings. The van der Waals surface area contributed by atoms with Gasteiger partial charge >= 0.3 is 5.97 Å². The van der Waals surface area contributed by atoms with Crippen molar-refractivity contribution in [2.24, 2.45) is 0 Å². The summed E-state index contributed by atoms with van der Waals surface area (Å²) in [7, 11) is 0. The molecule has 0 aromatic heterocycles. The molecule has 0 saturated carbocycles. The largest absolute Gasteiger partial charge is 0.466 e. The third-order valence-corrected chi connectivity index (χ3v) is 14.6. The molecule has 2 unspecified atom stereocenters.